The predicted molar refractivity (Wildman–Crippen MR) is 334 cm³/mol. The van der Waals surface area contributed by atoms with Crippen molar-refractivity contribution >= 4 is 55.6 Å². The number of rotatable bonds is 10. The highest BCUT2D eigenvalue weighted by Crippen LogP contribution is 2.73. The second kappa shape index (κ2) is 22.2. The van der Waals surface area contributed by atoms with E-state index in [4.69, 9.17) is 0 Å². The van der Waals surface area contributed by atoms with Crippen LogP contribution in [0.3, 0.4) is 0 Å². The maximum atomic E-state index is 2.84. The quantitative estimate of drug-likeness (QED) is 0.142. The minimum absolute atomic E-state index is 0. The third-order valence-electron chi connectivity index (χ3n) is 16.4. The van der Waals surface area contributed by atoms with Crippen LogP contribution in [0, 0.1) is 10.8 Å². The lowest BCUT2D eigenvalue weighted by atomic mass is 9.79. The molecule has 0 amide bonds. The summed E-state index contributed by atoms with van der Waals surface area (Å²) in [6.45, 7) is 40.2. The average Bonchev–Trinajstić information content (AvgIpc) is 3.96. The summed E-state index contributed by atoms with van der Waals surface area (Å²) >= 11 is 0. The maximum Gasteiger partial charge on any atom is 0.0831 e. The number of hydrogen-bond acceptors (Lipinski definition) is 0. The number of hydrogen-bond donors (Lipinski definition) is 0. The summed E-state index contributed by atoms with van der Waals surface area (Å²) in [5, 5.41) is 0.543. The first-order chi connectivity index (χ1) is 30.3. The third-order valence-corrected chi connectivity index (χ3v) is 32.0. The lowest BCUT2D eigenvalue weighted by Gasteiger charge is -2.70. The molecule has 0 bridgehead atoms. The van der Waals surface area contributed by atoms with E-state index in [-0.39, 0.29) is 50.7 Å². The van der Waals surface area contributed by atoms with Crippen molar-refractivity contribution in [3.63, 3.8) is 0 Å². The van der Waals surface area contributed by atoms with Crippen molar-refractivity contribution in [3.8, 4) is 0 Å². The van der Waals surface area contributed by atoms with Crippen molar-refractivity contribution in [2.45, 2.75) is 202 Å². The van der Waals surface area contributed by atoms with E-state index >= 15 is 0 Å². The van der Waals surface area contributed by atoms with Crippen molar-refractivity contribution in [2.24, 2.45) is 10.8 Å². The number of allylic oxidation sites excluding steroid dienone is 6. The van der Waals surface area contributed by atoms with E-state index in [1.807, 2.05) is 0 Å². The highest BCUT2D eigenvalue weighted by Gasteiger charge is 2.76. The lowest BCUT2D eigenvalue weighted by Crippen LogP contribution is -2.78. The fourth-order valence-corrected chi connectivity index (χ4v) is 32.1. The smallest absolute Gasteiger partial charge is 0.0831 e. The van der Waals surface area contributed by atoms with Gasteiger partial charge in [-0.15, -0.1) is 0 Å². The van der Waals surface area contributed by atoms with Crippen molar-refractivity contribution < 1.29 is 11.0 Å². The maximum absolute atomic E-state index is 2.84. The first-order valence-electron chi connectivity index (χ1n) is 25.5. The summed E-state index contributed by atoms with van der Waals surface area (Å²) < 4.78 is 0. The molecule has 392 valence electrons. The first-order valence-corrected chi connectivity index (χ1v) is 38.5. The molecule has 6 heteroatoms. The van der Waals surface area contributed by atoms with Crippen molar-refractivity contribution in [1.29, 1.82) is 0 Å². The second-order valence-electron chi connectivity index (χ2n) is 26.6. The molecular weight excluding hydrogens is 925 g/mol. The molecule has 71 heavy (non-hydrogen) atoms. The average molecular weight is 1030 g/mol. The van der Waals surface area contributed by atoms with Crippen molar-refractivity contribution in [3.05, 3.63) is 165 Å². The zero-order valence-electron chi connectivity index (χ0n) is 44.7. The van der Waals surface area contributed by atoms with Crippen LogP contribution in [-0.4, -0.2) is 43.2 Å². The Labute approximate surface area is 441 Å². The molecule has 0 saturated carbocycles. The lowest BCUT2D eigenvalue weighted by molar-refractivity contribution is 0.368. The summed E-state index contributed by atoms with van der Waals surface area (Å²) in [4.78, 5) is 0. The predicted octanol–water partition coefficient (Wildman–Crippen LogP) is 19.2. The van der Waals surface area contributed by atoms with E-state index in [2.05, 4.69) is 229 Å². The zero-order chi connectivity index (χ0) is 47.2. The van der Waals surface area contributed by atoms with Crippen LogP contribution in [-0.2, 0) is 10.1 Å². The molecule has 1 aliphatic heterocycles. The highest BCUT2D eigenvalue weighted by atomic mass is 28.3. The van der Waals surface area contributed by atoms with Gasteiger partial charge >= 0.3 is 0 Å². The molecule has 1 saturated heterocycles. The SMILES string of the molecule is C.C.C.C.CCC1=Cc2ccccc2C12CC1(C=C(C[Si](C)(C)C)c3ccccc31)[Si]2(C)CC(C)(C)C.CCC1=Cc2ccccc2C1[Si](C)(CC(C)(C)C)C1C=C(C[Si](C)(C)C)c2ccccc21.O.O. The van der Waals surface area contributed by atoms with E-state index in [9.17, 15) is 0 Å². The Kier molecular flexibility index (Phi) is 20.0. The first kappa shape index (κ1) is 63.7. The van der Waals surface area contributed by atoms with Crippen LogP contribution < -0.4 is 0 Å². The Balaban J connectivity index is 0.000000449. The van der Waals surface area contributed by atoms with E-state index in [1.54, 1.807) is 55.7 Å². The molecule has 4 aliphatic carbocycles. The summed E-state index contributed by atoms with van der Waals surface area (Å²) in [7, 11) is -6.17. The summed E-state index contributed by atoms with van der Waals surface area (Å²) in [5.41, 5.74) is 21.2. The van der Waals surface area contributed by atoms with Crippen molar-refractivity contribution in [2.75, 3.05) is 0 Å². The molecule has 6 unspecified atom stereocenters. The molecule has 5 aliphatic rings. The summed E-state index contributed by atoms with van der Waals surface area (Å²) in [5.74, 6) is 0. The molecule has 1 heterocycles. The molecule has 4 aromatic rings. The van der Waals surface area contributed by atoms with Crippen LogP contribution in [0.2, 0.25) is 76.6 Å². The molecule has 4 N–H and O–H groups in total. The molecular formula is C65H104O2Si4. The van der Waals surface area contributed by atoms with E-state index in [0.29, 0.717) is 21.9 Å². The highest BCUT2D eigenvalue weighted by molar-refractivity contribution is 6.89. The summed E-state index contributed by atoms with van der Waals surface area (Å²) in [6.07, 6.45) is 14.3. The van der Waals surface area contributed by atoms with E-state index < -0.39 is 32.3 Å². The van der Waals surface area contributed by atoms with Gasteiger partial charge in [-0.05, 0) is 103 Å². The Hall–Kier alpha value is -3.37. The van der Waals surface area contributed by atoms with E-state index in [1.165, 1.54) is 48.1 Å². The molecule has 0 radical (unpaired) electrons. The van der Waals surface area contributed by atoms with Gasteiger partial charge in [0, 0.05) is 31.8 Å². The summed E-state index contributed by atoms with van der Waals surface area (Å²) in [6, 6.07) is 42.8. The van der Waals surface area contributed by atoms with Crippen LogP contribution in [0.1, 0.15) is 160 Å². The molecule has 0 aromatic heterocycles. The van der Waals surface area contributed by atoms with Gasteiger partial charge in [0.25, 0.3) is 0 Å². The molecule has 2 nitrogen and oxygen atoms in total. The van der Waals surface area contributed by atoms with Crippen LogP contribution >= 0.6 is 0 Å². The normalized spacial score (nSPS) is 24.0. The molecule has 2 spiro atoms. The molecule has 1 fully saturated rings. The van der Waals surface area contributed by atoms with Gasteiger partial charge in [-0.1, -0.05) is 282 Å². The Morgan fingerprint density at radius 1 is 0.577 bits per heavy atom. The van der Waals surface area contributed by atoms with Gasteiger partial charge in [0.1, 0.15) is 0 Å². The zero-order valence-corrected chi connectivity index (χ0v) is 48.7. The second-order valence-corrected chi connectivity index (χ2v) is 46.8. The minimum atomic E-state index is -1.90. The van der Waals surface area contributed by atoms with E-state index in [0.717, 1.165) is 6.42 Å². The van der Waals surface area contributed by atoms with Crippen LogP contribution in [0.4, 0.5) is 0 Å². The Bertz CT molecular complexity index is 2610. The van der Waals surface area contributed by atoms with Gasteiger partial charge in [-0.25, -0.2) is 0 Å². The largest absolute Gasteiger partial charge is 0.412 e. The monoisotopic (exact) mass is 1030 g/mol. The van der Waals surface area contributed by atoms with Gasteiger partial charge in [0.2, 0.25) is 0 Å². The Morgan fingerprint density at radius 3 is 1.63 bits per heavy atom. The topological polar surface area (TPSA) is 63.0 Å². The minimum Gasteiger partial charge on any atom is -0.412 e. The van der Waals surface area contributed by atoms with Gasteiger partial charge in [-0.2, -0.15) is 0 Å². The van der Waals surface area contributed by atoms with Gasteiger partial charge in [-0.3, -0.25) is 0 Å². The number of fused-ring (bicyclic) bond motifs is 6. The van der Waals surface area contributed by atoms with Crippen LogP contribution in [0.15, 0.2) is 120 Å². The third kappa shape index (κ3) is 11.2. The molecule has 9 rings (SSSR count). The van der Waals surface area contributed by atoms with Gasteiger partial charge in [0.05, 0.1) is 16.1 Å². The number of benzene rings is 4. The standard InChI is InChI=1S/C31H42Si2.C30H42Si2.4CH4.2H2O/c1-9-25-18-23-14-10-12-16-27(23)31(25)21-30(33(31,8)22-29(2,3)4)19-24(20-32(5,6)7)26-15-11-13-17-28(26)30;1-9-22-18-23-14-10-11-16-26(23)29(22)32(8,21-30(2,3)4)28-19-24(20-31(5,6)7)25-15-12-13-17-27(25)28;;;;;;/h10-19H,9,20-22H2,1-8H3;10-19,28-29H,9,20-21H2,1-8H3;4*1H4;2*1H2. The van der Waals surface area contributed by atoms with Crippen LogP contribution in [0.25, 0.3) is 23.3 Å². The molecule has 4 aromatic carbocycles. The fraction of sp³-hybridized carbons (Fsp3) is 0.508. The van der Waals surface area contributed by atoms with Gasteiger partial charge in [0.15, 0.2) is 0 Å². The Morgan fingerprint density at radius 2 is 1.08 bits per heavy atom. The molecule has 6 atom stereocenters. The van der Waals surface area contributed by atoms with Gasteiger partial charge < -0.3 is 11.0 Å². The fourth-order valence-electron chi connectivity index (χ4n) is 14.9. The van der Waals surface area contributed by atoms with Crippen LogP contribution in [0.5, 0.6) is 0 Å². The van der Waals surface area contributed by atoms with Crippen molar-refractivity contribution in [1.82, 2.24) is 0 Å².